The third-order valence-corrected chi connectivity index (χ3v) is 4.94. The summed E-state index contributed by atoms with van der Waals surface area (Å²) in [5.74, 6) is 0.912. The summed E-state index contributed by atoms with van der Waals surface area (Å²) in [6.07, 6.45) is 4.01. The quantitative estimate of drug-likeness (QED) is 0.694. The van der Waals surface area contributed by atoms with Gasteiger partial charge in [0.25, 0.3) is 5.91 Å². The van der Waals surface area contributed by atoms with Gasteiger partial charge in [-0.15, -0.1) is 0 Å². The number of hydrogen-bond donors (Lipinski definition) is 1. The normalized spacial score (nSPS) is 20.3. The largest absolute Gasteiger partial charge is 0.490 e. The smallest absolute Gasteiger partial charge is 0.251 e. The molecule has 7 heteroatoms. The molecule has 1 aliphatic heterocycles. The monoisotopic (exact) mass is 393 g/mol. The summed E-state index contributed by atoms with van der Waals surface area (Å²) in [4.78, 5) is 12.7. The van der Waals surface area contributed by atoms with Gasteiger partial charge in [0.1, 0.15) is 6.10 Å². The van der Waals surface area contributed by atoms with E-state index in [-0.39, 0.29) is 12.0 Å². The molecule has 2 aliphatic rings. The van der Waals surface area contributed by atoms with Crippen molar-refractivity contribution >= 4 is 5.91 Å². The van der Waals surface area contributed by atoms with Crippen molar-refractivity contribution in [3.05, 3.63) is 17.7 Å². The first-order chi connectivity index (χ1) is 13.6. The average molecular weight is 393 g/mol. The number of carbonyl (C=O) groups excluding carboxylic acids is 1. The highest BCUT2D eigenvalue weighted by atomic mass is 16.7. The third-order valence-electron chi connectivity index (χ3n) is 4.94. The number of nitrogens with one attached hydrogen (secondary N) is 1. The Morgan fingerprint density at radius 3 is 2.25 bits per heavy atom. The Hall–Kier alpha value is -1.99. The van der Waals surface area contributed by atoms with Crippen LogP contribution in [0.4, 0.5) is 0 Å². The molecule has 1 aromatic rings. The van der Waals surface area contributed by atoms with Crippen LogP contribution in [0.1, 0.15) is 56.8 Å². The third kappa shape index (κ3) is 4.70. The Labute approximate surface area is 166 Å². The Morgan fingerprint density at radius 2 is 1.68 bits per heavy atom. The van der Waals surface area contributed by atoms with Gasteiger partial charge in [-0.25, -0.2) is 0 Å². The fourth-order valence-corrected chi connectivity index (χ4v) is 3.72. The van der Waals surface area contributed by atoms with Gasteiger partial charge in [-0.3, -0.25) is 4.79 Å². The van der Waals surface area contributed by atoms with E-state index in [1.807, 2.05) is 20.8 Å². The van der Waals surface area contributed by atoms with Gasteiger partial charge in [0.15, 0.2) is 17.3 Å². The molecule has 7 nitrogen and oxygen atoms in total. The van der Waals surface area contributed by atoms with Crippen molar-refractivity contribution < 1.29 is 28.5 Å². The second kappa shape index (κ2) is 9.47. The van der Waals surface area contributed by atoms with Crippen LogP contribution in [0.2, 0.25) is 0 Å². The van der Waals surface area contributed by atoms with E-state index in [0.29, 0.717) is 55.8 Å². The predicted octanol–water partition coefficient (Wildman–Crippen LogP) is 3.30. The molecule has 1 amide bonds. The van der Waals surface area contributed by atoms with Gasteiger partial charge in [0.2, 0.25) is 5.75 Å². The van der Waals surface area contributed by atoms with Crippen LogP contribution in [-0.2, 0) is 9.47 Å². The number of rotatable bonds is 9. The van der Waals surface area contributed by atoms with Crippen LogP contribution in [-0.4, -0.2) is 50.8 Å². The number of hydrogen-bond acceptors (Lipinski definition) is 6. The highest BCUT2D eigenvalue weighted by molar-refractivity contribution is 5.95. The van der Waals surface area contributed by atoms with Crippen LogP contribution in [0.5, 0.6) is 17.2 Å². The first kappa shape index (κ1) is 20.7. The van der Waals surface area contributed by atoms with Crippen molar-refractivity contribution in [3.8, 4) is 17.2 Å². The highest BCUT2D eigenvalue weighted by Crippen LogP contribution is 2.40. The second-order valence-corrected chi connectivity index (χ2v) is 6.98. The second-order valence-electron chi connectivity index (χ2n) is 6.98. The van der Waals surface area contributed by atoms with Crippen LogP contribution in [0.3, 0.4) is 0 Å². The summed E-state index contributed by atoms with van der Waals surface area (Å²) < 4.78 is 29.0. The van der Waals surface area contributed by atoms with Gasteiger partial charge >= 0.3 is 0 Å². The van der Waals surface area contributed by atoms with E-state index in [1.54, 1.807) is 12.1 Å². The van der Waals surface area contributed by atoms with E-state index >= 15 is 0 Å². The van der Waals surface area contributed by atoms with E-state index in [4.69, 9.17) is 23.7 Å². The van der Waals surface area contributed by atoms with Crippen molar-refractivity contribution in [2.24, 2.45) is 0 Å². The molecular weight excluding hydrogens is 362 g/mol. The fraction of sp³-hybridized carbons (Fsp3) is 0.667. The molecule has 156 valence electrons. The molecule has 1 saturated carbocycles. The Bertz CT molecular complexity index is 644. The summed E-state index contributed by atoms with van der Waals surface area (Å²) in [6, 6.07) is 3.38. The summed E-state index contributed by atoms with van der Waals surface area (Å²) >= 11 is 0. The molecule has 0 bridgehead atoms. The van der Waals surface area contributed by atoms with E-state index in [0.717, 1.165) is 25.7 Å². The molecular formula is C21H31NO6. The van der Waals surface area contributed by atoms with Crippen molar-refractivity contribution in [2.45, 2.75) is 58.3 Å². The van der Waals surface area contributed by atoms with Gasteiger partial charge < -0.3 is 29.0 Å². The van der Waals surface area contributed by atoms with E-state index in [2.05, 4.69) is 5.32 Å². The van der Waals surface area contributed by atoms with Crippen LogP contribution in [0.25, 0.3) is 0 Å². The van der Waals surface area contributed by atoms with Crippen molar-refractivity contribution in [1.29, 1.82) is 0 Å². The maximum atomic E-state index is 12.7. The van der Waals surface area contributed by atoms with Crippen molar-refractivity contribution in [1.82, 2.24) is 5.32 Å². The highest BCUT2D eigenvalue weighted by Gasteiger charge is 2.43. The number of carbonyl (C=O) groups is 1. The van der Waals surface area contributed by atoms with Crippen LogP contribution in [0.15, 0.2) is 12.1 Å². The minimum Gasteiger partial charge on any atom is -0.490 e. The SMILES string of the molecule is CCOc1cc(C(=O)NC[C@@H]2COC3(CCCC3)O2)cc(OCC)c1OCC. The molecule has 1 heterocycles. The molecule has 3 rings (SSSR count). The van der Waals surface area contributed by atoms with Gasteiger partial charge in [-0.05, 0) is 45.7 Å². The summed E-state index contributed by atoms with van der Waals surface area (Å²) in [5.41, 5.74) is 0.463. The first-order valence-corrected chi connectivity index (χ1v) is 10.3. The van der Waals surface area contributed by atoms with E-state index in [9.17, 15) is 4.79 Å². The lowest BCUT2D eigenvalue weighted by molar-refractivity contribution is -0.161. The number of amides is 1. The summed E-state index contributed by atoms with van der Waals surface area (Å²) in [5, 5.41) is 2.94. The summed E-state index contributed by atoms with van der Waals surface area (Å²) in [7, 11) is 0. The van der Waals surface area contributed by atoms with Crippen LogP contribution in [0, 0.1) is 0 Å². The Morgan fingerprint density at radius 1 is 1.07 bits per heavy atom. The maximum Gasteiger partial charge on any atom is 0.251 e. The molecule has 1 spiro atoms. The van der Waals surface area contributed by atoms with Crippen molar-refractivity contribution in [2.75, 3.05) is 33.0 Å². The molecule has 1 N–H and O–H groups in total. The maximum absolute atomic E-state index is 12.7. The lowest BCUT2D eigenvalue weighted by atomic mass is 10.1. The Kier molecular flexibility index (Phi) is 7.02. The van der Waals surface area contributed by atoms with Gasteiger partial charge in [-0.2, -0.15) is 0 Å². The molecule has 1 aromatic carbocycles. The van der Waals surface area contributed by atoms with Crippen molar-refractivity contribution in [3.63, 3.8) is 0 Å². The zero-order valence-electron chi connectivity index (χ0n) is 17.0. The van der Waals surface area contributed by atoms with E-state index in [1.165, 1.54) is 0 Å². The molecule has 0 unspecified atom stereocenters. The molecule has 2 fully saturated rings. The minimum absolute atomic E-state index is 0.123. The fourth-order valence-electron chi connectivity index (χ4n) is 3.72. The van der Waals surface area contributed by atoms with Crippen LogP contribution >= 0.6 is 0 Å². The standard InChI is InChI=1S/C21H31NO6/c1-4-24-17-11-15(12-18(25-5-2)19(17)26-6-3)20(23)22-13-16-14-27-21(28-16)9-7-8-10-21/h11-12,16H,4-10,13-14H2,1-3H3,(H,22,23)/t16-/m1/s1. The molecule has 1 aliphatic carbocycles. The van der Waals surface area contributed by atoms with Gasteiger partial charge in [0, 0.05) is 24.9 Å². The molecule has 0 radical (unpaired) electrons. The number of ether oxygens (including phenoxy) is 5. The zero-order valence-corrected chi connectivity index (χ0v) is 17.0. The van der Waals surface area contributed by atoms with E-state index < -0.39 is 5.79 Å². The van der Waals surface area contributed by atoms with Gasteiger partial charge in [-0.1, -0.05) is 0 Å². The predicted molar refractivity (Wildman–Crippen MR) is 104 cm³/mol. The first-order valence-electron chi connectivity index (χ1n) is 10.3. The average Bonchev–Trinajstić information content (AvgIpc) is 3.32. The molecule has 28 heavy (non-hydrogen) atoms. The lowest BCUT2D eigenvalue weighted by Gasteiger charge is -2.22. The van der Waals surface area contributed by atoms with Gasteiger partial charge in [0.05, 0.1) is 26.4 Å². The number of benzene rings is 1. The Balaban J connectivity index is 1.68. The lowest BCUT2D eigenvalue weighted by Crippen LogP contribution is -2.35. The molecule has 0 aromatic heterocycles. The minimum atomic E-state index is -0.418. The topological polar surface area (TPSA) is 75.3 Å². The molecule has 1 saturated heterocycles. The molecule has 1 atom stereocenters. The zero-order chi connectivity index (χ0) is 20.0. The summed E-state index contributed by atoms with van der Waals surface area (Å²) in [6.45, 7) is 8.00. The van der Waals surface area contributed by atoms with Crippen LogP contribution < -0.4 is 19.5 Å².